The quantitative estimate of drug-likeness (QED) is 0.512. The average Bonchev–Trinajstić information content (AvgIpc) is 2.86. The number of benzene rings is 1. The van der Waals surface area contributed by atoms with E-state index in [2.05, 4.69) is 23.8 Å². The summed E-state index contributed by atoms with van der Waals surface area (Å²) < 4.78 is 18.4. The molecule has 0 spiro atoms. The Kier molecular flexibility index (Phi) is 5.56. The van der Waals surface area contributed by atoms with Crippen LogP contribution in [0.2, 0.25) is 0 Å². The summed E-state index contributed by atoms with van der Waals surface area (Å²) in [5, 5.41) is 12.1. The Morgan fingerprint density at radius 1 is 1.20 bits per heavy atom. The van der Waals surface area contributed by atoms with Crippen molar-refractivity contribution >= 4 is 33.3 Å². The molecule has 3 rings (SSSR count). The zero-order valence-electron chi connectivity index (χ0n) is 14.2. The van der Waals surface area contributed by atoms with E-state index in [4.69, 9.17) is 4.74 Å². The van der Waals surface area contributed by atoms with Crippen molar-refractivity contribution in [1.29, 1.82) is 0 Å². The molecule has 1 atom stereocenters. The van der Waals surface area contributed by atoms with E-state index >= 15 is 0 Å². The fraction of sp³-hybridized carbons (Fsp3) is 0.333. The number of aliphatic hydroxyl groups excluding tert-OH is 1. The van der Waals surface area contributed by atoms with Gasteiger partial charge in [-0.1, -0.05) is 0 Å². The molecule has 3 aromatic rings. The van der Waals surface area contributed by atoms with Gasteiger partial charge in [0.15, 0.2) is 0 Å². The van der Waals surface area contributed by atoms with Crippen LogP contribution in [0.1, 0.15) is 16.3 Å². The Labute approximate surface area is 154 Å². The van der Waals surface area contributed by atoms with Gasteiger partial charge in [0.1, 0.15) is 33.9 Å². The van der Waals surface area contributed by atoms with Gasteiger partial charge in [-0.05, 0) is 50.6 Å². The van der Waals surface area contributed by atoms with Gasteiger partial charge in [0, 0.05) is 16.0 Å². The van der Waals surface area contributed by atoms with Gasteiger partial charge in [-0.25, -0.2) is 14.4 Å². The monoisotopic (exact) mass is 378 g/mol. The number of rotatable bonds is 6. The Bertz CT molecular complexity index is 881. The van der Waals surface area contributed by atoms with Gasteiger partial charge in [-0.2, -0.15) is 0 Å². The van der Waals surface area contributed by atoms with Gasteiger partial charge in [0.25, 0.3) is 0 Å². The third kappa shape index (κ3) is 4.29. The van der Waals surface area contributed by atoms with E-state index in [1.807, 2.05) is 6.92 Å². The normalized spacial score (nSPS) is 12.5. The van der Waals surface area contributed by atoms with Crippen molar-refractivity contribution < 1.29 is 14.2 Å². The number of hydrogen-bond donors (Lipinski definition) is 1. The van der Waals surface area contributed by atoms with Gasteiger partial charge in [0.2, 0.25) is 0 Å². The van der Waals surface area contributed by atoms with Crippen LogP contribution in [-0.2, 0) is 0 Å². The summed E-state index contributed by atoms with van der Waals surface area (Å²) in [6.07, 6.45) is -0.652. The lowest BCUT2D eigenvalue weighted by Crippen LogP contribution is -2.20. The van der Waals surface area contributed by atoms with E-state index in [1.165, 1.54) is 34.3 Å². The predicted octanol–water partition coefficient (Wildman–Crippen LogP) is 4.29. The molecule has 7 heteroatoms. The number of aryl methyl sites for hydroxylation is 3. The van der Waals surface area contributed by atoms with Gasteiger partial charge in [0.05, 0.1) is 6.10 Å². The second kappa shape index (κ2) is 7.68. The third-order valence-corrected chi connectivity index (χ3v) is 6.00. The molecule has 2 aromatic heterocycles. The van der Waals surface area contributed by atoms with Crippen LogP contribution in [0.4, 0.5) is 4.39 Å². The number of ether oxygens (including phenoxy) is 1. The van der Waals surface area contributed by atoms with Crippen LogP contribution < -0.4 is 4.74 Å². The molecule has 0 aliphatic carbocycles. The van der Waals surface area contributed by atoms with Crippen LogP contribution in [0.3, 0.4) is 0 Å². The Hall–Kier alpha value is -1.70. The Morgan fingerprint density at radius 2 is 1.92 bits per heavy atom. The van der Waals surface area contributed by atoms with Crippen LogP contribution in [0.15, 0.2) is 29.3 Å². The van der Waals surface area contributed by atoms with Crippen molar-refractivity contribution in [3.8, 4) is 5.75 Å². The van der Waals surface area contributed by atoms with Crippen molar-refractivity contribution in [1.82, 2.24) is 9.97 Å². The van der Waals surface area contributed by atoms with Crippen molar-refractivity contribution in [3.05, 3.63) is 46.3 Å². The molecule has 0 saturated heterocycles. The number of hydrogen-bond acceptors (Lipinski definition) is 6. The molecular formula is C18H19FN2O2S2. The maximum absolute atomic E-state index is 12.9. The molecule has 0 fully saturated rings. The van der Waals surface area contributed by atoms with E-state index in [0.717, 1.165) is 21.1 Å². The minimum absolute atomic E-state index is 0.146. The maximum atomic E-state index is 12.9. The summed E-state index contributed by atoms with van der Waals surface area (Å²) in [5.74, 6) is 1.41. The number of fused-ring (bicyclic) bond motifs is 1. The molecule has 132 valence electrons. The van der Waals surface area contributed by atoms with Crippen LogP contribution in [-0.4, -0.2) is 33.5 Å². The summed E-state index contributed by atoms with van der Waals surface area (Å²) >= 11 is 3.17. The first-order chi connectivity index (χ1) is 11.9. The molecule has 1 aromatic carbocycles. The molecule has 1 N–H and O–H groups in total. The number of thioether (sulfide) groups is 1. The SMILES string of the molecule is Cc1nc(SCC(O)COc2ccc(F)cc2)c2c(C)c(C)sc2n1. The van der Waals surface area contributed by atoms with Crippen LogP contribution in [0, 0.1) is 26.6 Å². The summed E-state index contributed by atoms with van der Waals surface area (Å²) in [6.45, 7) is 6.18. The fourth-order valence-corrected chi connectivity index (χ4v) is 4.54. The molecule has 0 amide bonds. The van der Waals surface area contributed by atoms with E-state index in [-0.39, 0.29) is 12.4 Å². The smallest absolute Gasteiger partial charge is 0.128 e. The average molecular weight is 378 g/mol. The third-order valence-electron chi connectivity index (χ3n) is 3.78. The summed E-state index contributed by atoms with van der Waals surface area (Å²) in [4.78, 5) is 11.3. The Morgan fingerprint density at radius 3 is 2.64 bits per heavy atom. The van der Waals surface area contributed by atoms with Crippen LogP contribution in [0.25, 0.3) is 10.2 Å². The van der Waals surface area contributed by atoms with E-state index in [1.54, 1.807) is 23.5 Å². The summed E-state index contributed by atoms with van der Waals surface area (Å²) in [6, 6.07) is 5.76. The first-order valence-electron chi connectivity index (χ1n) is 7.87. The molecule has 1 unspecified atom stereocenters. The molecule has 0 radical (unpaired) electrons. The molecule has 0 saturated carbocycles. The summed E-state index contributed by atoms with van der Waals surface area (Å²) in [7, 11) is 0. The van der Waals surface area contributed by atoms with Gasteiger partial charge in [-0.15, -0.1) is 23.1 Å². The lowest BCUT2D eigenvalue weighted by atomic mass is 10.2. The van der Waals surface area contributed by atoms with Gasteiger partial charge in [-0.3, -0.25) is 0 Å². The highest BCUT2D eigenvalue weighted by Crippen LogP contribution is 2.35. The predicted molar refractivity (Wildman–Crippen MR) is 100 cm³/mol. The van der Waals surface area contributed by atoms with E-state index < -0.39 is 6.10 Å². The fourth-order valence-electron chi connectivity index (χ4n) is 2.37. The number of aromatic nitrogens is 2. The number of aliphatic hydroxyl groups is 1. The molecule has 2 heterocycles. The van der Waals surface area contributed by atoms with E-state index in [0.29, 0.717) is 11.5 Å². The molecule has 0 bridgehead atoms. The van der Waals surface area contributed by atoms with Crippen molar-refractivity contribution in [2.75, 3.05) is 12.4 Å². The van der Waals surface area contributed by atoms with Crippen molar-refractivity contribution in [3.63, 3.8) is 0 Å². The summed E-state index contributed by atoms with van der Waals surface area (Å²) in [5.41, 5.74) is 1.19. The largest absolute Gasteiger partial charge is 0.491 e. The number of thiophene rings is 1. The second-order valence-corrected chi connectivity index (χ2v) is 7.98. The lowest BCUT2D eigenvalue weighted by molar-refractivity contribution is 0.126. The Balaban J connectivity index is 1.64. The van der Waals surface area contributed by atoms with E-state index in [9.17, 15) is 9.50 Å². The minimum Gasteiger partial charge on any atom is -0.491 e. The first kappa shape index (κ1) is 18.1. The number of halogens is 1. The highest BCUT2D eigenvalue weighted by atomic mass is 32.2. The second-order valence-electron chi connectivity index (χ2n) is 5.77. The lowest BCUT2D eigenvalue weighted by Gasteiger charge is -2.12. The molecular weight excluding hydrogens is 359 g/mol. The molecule has 0 aliphatic heterocycles. The van der Waals surface area contributed by atoms with Crippen molar-refractivity contribution in [2.24, 2.45) is 0 Å². The first-order valence-corrected chi connectivity index (χ1v) is 9.68. The zero-order valence-corrected chi connectivity index (χ0v) is 15.9. The topological polar surface area (TPSA) is 55.2 Å². The number of nitrogens with zero attached hydrogens (tertiary/aromatic N) is 2. The van der Waals surface area contributed by atoms with Crippen molar-refractivity contribution in [2.45, 2.75) is 31.9 Å². The zero-order chi connectivity index (χ0) is 18.0. The van der Waals surface area contributed by atoms with Crippen LogP contribution >= 0.6 is 23.1 Å². The van der Waals surface area contributed by atoms with Crippen LogP contribution in [0.5, 0.6) is 5.75 Å². The van der Waals surface area contributed by atoms with Gasteiger partial charge >= 0.3 is 0 Å². The maximum Gasteiger partial charge on any atom is 0.128 e. The molecule has 0 aliphatic rings. The molecule has 25 heavy (non-hydrogen) atoms. The highest BCUT2D eigenvalue weighted by molar-refractivity contribution is 7.99. The highest BCUT2D eigenvalue weighted by Gasteiger charge is 2.15. The standard InChI is InChI=1S/C18H19FN2O2S2/c1-10-11(2)25-18-16(10)17(20-12(3)21-18)24-9-14(22)8-23-15-6-4-13(19)5-7-15/h4-7,14,22H,8-9H2,1-3H3. The van der Waals surface area contributed by atoms with Gasteiger partial charge < -0.3 is 9.84 Å². The molecule has 4 nitrogen and oxygen atoms in total. The minimum atomic E-state index is -0.652.